The molecule has 0 aromatic rings. The van der Waals surface area contributed by atoms with Gasteiger partial charge in [0.15, 0.2) is 0 Å². The third kappa shape index (κ3) is 11.7. The summed E-state index contributed by atoms with van der Waals surface area (Å²) in [5.41, 5.74) is 0.0443. The van der Waals surface area contributed by atoms with E-state index in [9.17, 15) is 0 Å². The van der Waals surface area contributed by atoms with Crippen LogP contribution >= 0.6 is 7.71 Å². The van der Waals surface area contributed by atoms with E-state index < -0.39 is 7.71 Å². The Morgan fingerprint density at radius 2 is 0.860 bits per heavy atom. The Labute approximate surface area is 270 Å². The van der Waals surface area contributed by atoms with Gasteiger partial charge in [-0.05, 0) is 0 Å². The molecule has 0 saturated carbocycles. The van der Waals surface area contributed by atoms with Gasteiger partial charge in [0.25, 0.3) is 0 Å². The Morgan fingerprint density at radius 3 is 1.16 bits per heavy atom. The van der Waals surface area contributed by atoms with Crippen LogP contribution in [-0.2, 0) is 0 Å². The van der Waals surface area contributed by atoms with Crippen LogP contribution in [0.15, 0.2) is 0 Å². The van der Waals surface area contributed by atoms with Gasteiger partial charge in [-0.3, -0.25) is 0 Å². The van der Waals surface area contributed by atoms with Crippen molar-refractivity contribution in [1.29, 1.82) is 0 Å². The number of hydrogen-bond donors (Lipinski definition) is 3. The third-order valence-corrected chi connectivity index (χ3v) is 14.9. The van der Waals surface area contributed by atoms with Gasteiger partial charge in [0.2, 0.25) is 0 Å². The van der Waals surface area contributed by atoms with Crippen molar-refractivity contribution in [2.24, 2.45) is 40.9 Å². The second-order valence-corrected chi connectivity index (χ2v) is 20.8. The second-order valence-electron chi connectivity index (χ2n) is 17.0. The minimum absolute atomic E-state index is 0.0443. The summed E-state index contributed by atoms with van der Waals surface area (Å²) < 4.78 is 9.32. The number of fused-ring (bicyclic) bond motifs is 6. The van der Waals surface area contributed by atoms with Crippen molar-refractivity contribution in [3.63, 3.8) is 0 Å². The van der Waals surface area contributed by atoms with Crippen LogP contribution < -0.4 is 16.0 Å². The summed E-state index contributed by atoms with van der Waals surface area (Å²) in [5, 5.41) is 12.5. The molecule has 43 heavy (non-hydrogen) atoms. The number of nitrogens with zero attached hydrogens (tertiary/aromatic N) is 4. The monoisotopic (exact) mass is 628 g/mol. The molecule has 3 heterocycles. The summed E-state index contributed by atoms with van der Waals surface area (Å²) >= 11 is 0. The molecular weight excluding hydrogens is 549 g/mol. The molecule has 1 unspecified atom stereocenters. The van der Waals surface area contributed by atoms with Crippen LogP contribution in [0.5, 0.6) is 0 Å². The van der Waals surface area contributed by atoms with E-state index >= 15 is 0 Å². The molecule has 3 fully saturated rings. The van der Waals surface area contributed by atoms with Crippen LogP contribution in [-0.4, -0.2) is 116 Å². The number of nitrogens with one attached hydrogen (secondary N) is 3. The summed E-state index contributed by atoms with van der Waals surface area (Å²) in [6, 6.07) is 0. The van der Waals surface area contributed by atoms with Gasteiger partial charge in [0.05, 0.1) is 0 Å². The first kappa shape index (κ1) is 39.3. The number of hydrogen-bond acceptors (Lipinski definition) is 7. The molecule has 8 heteroatoms. The Bertz CT molecular complexity index is 687. The summed E-state index contributed by atoms with van der Waals surface area (Å²) in [6.07, 6.45) is 0. The molecule has 3 saturated heterocycles. The minimum atomic E-state index is -2.51. The van der Waals surface area contributed by atoms with E-state index in [4.69, 9.17) is 0 Å². The average molecular weight is 628 g/mol. The molecule has 0 aromatic carbocycles. The molecule has 0 aliphatic carbocycles. The molecule has 0 radical (unpaired) electrons. The Morgan fingerprint density at radius 1 is 0.512 bits per heavy atom. The van der Waals surface area contributed by atoms with Gasteiger partial charge in [-0.1, -0.05) is 0 Å². The van der Waals surface area contributed by atoms with E-state index in [1.54, 1.807) is 0 Å². The van der Waals surface area contributed by atoms with Crippen molar-refractivity contribution in [2.75, 3.05) is 91.6 Å². The molecule has 0 aromatic heterocycles. The first-order valence-electron chi connectivity index (χ1n) is 18.2. The fourth-order valence-corrected chi connectivity index (χ4v) is 14.5. The molecule has 7 nitrogen and oxygen atoms in total. The van der Waals surface area contributed by atoms with Crippen LogP contribution in [0.2, 0.25) is 0 Å². The molecule has 3 aliphatic heterocycles. The number of rotatable bonds is 19. The van der Waals surface area contributed by atoms with Crippen LogP contribution in [0.1, 0.15) is 90.0 Å². The summed E-state index contributed by atoms with van der Waals surface area (Å²) in [4.78, 5) is 2.77. The Kier molecular flexibility index (Phi) is 16.9. The predicted octanol–water partition coefficient (Wildman–Crippen LogP) is 5.75. The molecule has 0 spiro atoms. The molecular formula is C35H78N7P. The van der Waals surface area contributed by atoms with Gasteiger partial charge < -0.3 is 0 Å². The zero-order valence-corrected chi connectivity index (χ0v) is 32.2. The van der Waals surface area contributed by atoms with Gasteiger partial charge in [-0.25, -0.2) is 0 Å². The van der Waals surface area contributed by atoms with Gasteiger partial charge in [0.1, 0.15) is 0 Å². The predicted molar refractivity (Wildman–Crippen MR) is 194 cm³/mol. The van der Waals surface area contributed by atoms with Gasteiger partial charge in [0, 0.05) is 0 Å². The normalized spacial score (nSPS) is 22.7. The summed E-state index contributed by atoms with van der Waals surface area (Å²) in [6.45, 7) is 47.5. The molecule has 2 bridgehead atoms. The van der Waals surface area contributed by atoms with E-state index in [2.05, 4.69) is 125 Å². The van der Waals surface area contributed by atoms with Crippen molar-refractivity contribution in [2.45, 2.75) is 95.8 Å². The maximum atomic E-state index is 4.45. The summed E-state index contributed by atoms with van der Waals surface area (Å²) in [5.74, 6) is 4.20. The molecule has 3 aliphatic rings. The van der Waals surface area contributed by atoms with E-state index in [0.29, 0.717) is 41.3 Å². The Hall–Kier alpha value is 0.150. The second kappa shape index (κ2) is 18.5. The molecule has 258 valence electrons. The van der Waals surface area contributed by atoms with Gasteiger partial charge in [-0.15, -0.1) is 0 Å². The zero-order valence-electron chi connectivity index (χ0n) is 31.2. The Balaban J connectivity index is 2.91. The van der Waals surface area contributed by atoms with Gasteiger partial charge >= 0.3 is 271 Å². The summed E-state index contributed by atoms with van der Waals surface area (Å²) in [7, 11) is -2.51. The van der Waals surface area contributed by atoms with Crippen molar-refractivity contribution >= 4 is 7.71 Å². The van der Waals surface area contributed by atoms with Crippen molar-refractivity contribution in [3.05, 3.63) is 0 Å². The maximum absolute atomic E-state index is 4.45. The van der Waals surface area contributed by atoms with Crippen LogP contribution in [0, 0.1) is 40.9 Å². The SMILES string of the molecule is CC(C)CNCC(C)(CNCC(C)C)C(NCC(C)C)[PH]12N(CC(C)C)CCN(CCN1CC(C)C)CCN2CC(C)C. The van der Waals surface area contributed by atoms with E-state index in [1.165, 1.54) is 58.9 Å². The van der Waals surface area contributed by atoms with Crippen LogP contribution in [0.25, 0.3) is 0 Å². The van der Waals surface area contributed by atoms with Gasteiger partial charge in [-0.2, -0.15) is 0 Å². The molecule has 0 amide bonds. The zero-order chi connectivity index (χ0) is 32.4. The standard InChI is InChI=1S/C35H78N7P/c1-28(2)20-36-26-35(13,27-37-21-29(3)4)34(38-22-30(5)6)43-40(23-31(7)8)17-14-39(15-18-41(43)24-32(9)10)16-19-42(43)25-33(11)12/h28-34,36-38,43H,14-27H2,1-13H3. The first-order chi connectivity index (χ1) is 20.1. The first-order valence-corrected chi connectivity index (χ1v) is 20.2. The molecule has 3 rings (SSSR count). The van der Waals surface area contributed by atoms with Crippen LogP contribution in [0.3, 0.4) is 0 Å². The van der Waals surface area contributed by atoms with Crippen molar-refractivity contribution in [1.82, 2.24) is 34.9 Å². The fraction of sp³-hybridized carbons (Fsp3) is 1.00. The van der Waals surface area contributed by atoms with E-state index in [1.807, 2.05) is 0 Å². The third-order valence-electron chi connectivity index (χ3n) is 9.19. The van der Waals surface area contributed by atoms with Crippen LogP contribution in [0.4, 0.5) is 0 Å². The van der Waals surface area contributed by atoms with Crippen molar-refractivity contribution < 1.29 is 0 Å². The van der Waals surface area contributed by atoms with Crippen molar-refractivity contribution in [3.8, 4) is 0 Å². The average Bonchev–Trinajstić information content (AvgIpc) is 2.85. The molecule has 1 atom stereocenters. The quantitative estimate of drug-likeness (QED) is 0.158. The molecule has 3 N–H and O–H groups in total. The topological polar surface area (TPSA) is 49.1 Å². The van der Waals surface area contributed by atoms with E-state index in [-0.39, 0.29) is 5.41 Å². The fourth-order valence-electron chi connectivity index (χ4n) is 7.53. The van der Waals surface area contributed by atoms with E-state index in [0.717, 1.165) is 32.7 Å².